The van der Waals surface area contributed by atoms with E-state index in [1.807, 2.05) is 53.4 Å². The largest absolute Gasteiger partial charge is 0.381 e. The van der Waals surface area contributed by atoms with E-state index in [0.717, 1.165) is 37.3 Å². The fourth-order valence-electron chi connectivity index (χ4n) is 4.54. The second kappa shape index (κ2) is 9.07. The molecule has 0 spiro atoms. The van der Waals surface area contributed by atoms with Gasteiger partial charge in [0.1, 0.15) is 0 Å². The van der Waals surface area contributed by atoms with E-state index in [9.17, 15) is 4.79 Å². The topological polar surface area (TPSA) is 56.6 Å². The van der Waals surface area contributed by atoms with Gasteiger partial charge in [-0.25, -0.2) is 0 Å². The van der Waals surface area contributed by atoms with Crippen LogP contribution in [0.1, 0.15) is 30.4 Å². The first-order valence-corrected chi connectivity index (χ1v) is 10.9. The average molecular weight is 424 g/mol. The average Bonchev–Trinajstić information content (AvgIpc) is 3.06. The lowest BCUT2D eigenvalue weighted by atomic mass is 9.73. The van der Waals surface area contributed by atoms with Crippen molar-refractivity contribution in [2.75, 3.05) is 44.3 Å². The molecule has 0 bridgehead atoms. The van der Waals surface area contributed by atoms with Crippen LogP contribution in [0.4, 0.5) is 5.69 Å². The van der Waals surface area contributed by atoms with Gasteiger partial charge in [0.25, 0.3) is 0 Å². The van der Waals surface area contributed by atoms with Crippen molar-refractivity contribution in [3.8, 4) is 6.07 Å². The van der Waals surface area contributed by atoms with Gasteiger partial charge >= 0.3 is 0 Å². The number of carbonyl (C=O) groups excluding carboxylic acids is 1. The van der Waals surface area contributed by atoms with Gasteiger partial charge < -0.3 is 14.5 Å². The Morgan fingerprint density at radius 2 is 1.67 bits per heavy atom. The Hall–Kier alpha value is -2.55. The predicted octanol–water partition coefficient (Wildman–Crippen LogP) is 4.00. The summed E-state index contributed by atoms with van der Waals surface area (Å²) in [7, 11) is 0. The summed E-state index contributed by atoms with van der Waals surface area (Å²) in [5, 5.41) is 9.69. The van der Waals surface area contributed by atoms with E-state index in [1.165, 1.54) is 0 Å². The molecule has 2 aliphatic heterocycles. The Morgan fingerprint density at radius 3 is 2.33 bits per heavy atom. The van der Waals surface area contributed by atoms with Crippen LogP contribution in [0, 0.1) is 11.3 Å². The van der Waals surface area contributed by atoms with Crippen LogP contribution in [0.3, 0.4) is 0 Å². The molecule has 2 aliphatic rings. The van der Waals surface area contributed by atoms with Crippen LogP contribution in [-0.4, -0.2) is 50.2 Å². The van der Waals surface area contributed by atoms with Gasteiger partial charge in [-0.05, 0) is 61.2 Å². The summed E-state index contributed by atoms with van der Waals surface area (Å²) in [5.41, 5.74) is 2.26. The van der Waals surface area contributed by atoms with Gasteiger partial charge in [-0.3, -0.25) is 4.79 Å². The number of hydrogen-bond donors (Lipinski definition) is 0. The molecule has 6 heteroatoms. The highest BCUT2D eigenvalue weighted by molar-refractivity contribution is 6.30. The summed E-state index contributed by atoms with van der Waals surface area (Å²) in [6, 6.07) is 17.6. The molecule has 30 heavy (non-hydrogen) atoms. The second-order valence-electron chi connectivity index (χ2n) is 7.99. The van der Waals surface area contributed by atoms with Gasteiger partial charge in [0.2, 0.25) is 5.91 Å². The second-order valence-corrected chi connectivity index (χ2v) is 8.43. The van der Waals surface area contributed by atoms with Crippen LogP contribution in [0.2, 0.25) is 5.02 Å². The van der Waals surface area contributed by atoms with Crippen molar-refractivity contribution in [1.82, 2.24) is 4.90 Å². The molecule has 0 saturated carbocycles. The smallest absolute Gasteiger partial charge is 0.233 e. The van der Waals surface area contributed by atoms with E-state index in [1.54, 1.807) is 0 Å². The minimum atomic E-state index is -0.535. The highest BCUT2D eigenvalue weighted by Crippen LogP contribution is 2.37. The molecule has 1 amide bonds. The minimum absolute atomic E-state index is 0.204. The molecule has 0 atom stereocenters. The Morgan fingerprint density at radius 1 is 0.967 bits per heavy atom. The molecule has 156 valence electrons. The van der Waals surface area contributed by atoms with Crippen molar-refractivity contribution in [3.63, 3.8) is 0 Å². The Bertz CT molecular complexity index is 915. The lowest BCUT2D eigenvalue weighted by Gasteiger charge is -2.40. The zero-order valence-electron chi connectivity index (χ0n) is 17.0. The van der Waals surface area contributed by atoms with Crippen molar-refractivity contribution in [1.29, 1.82) is 5.26 Å². The van der Waals surface area contributed by atoms with Gasteiger partial charge in [-0.1, -0.05) is 23.7 Å². The van der Waals surface area contributed by atoms with E-state index < -0.39 is 5.41 Å². The van der Waals surface area contributed by atoms with Crippen LogP contribution in [0.5, 0.6) is 0 Å². The maximum atomic E-state index is 13.8. The van der Waals surface area contributed by atoms with E-state index in [4.69, 9.17) is 21.6 Å². The third-order valence-electron chi connectivity index (χ3n) is 6.30. The normalized spacial score (nSPS) is 19.1. The first-order valence-electron chi connectivity index (χ1n) is 10.5. The maximum Gasteiger partial charge on any atom is 0.233 e. The predicted molar refractivity (Wildman–Crippen MR) is 118 cm³/mol. The minimum Gasteiger partial charge on any atom is -0.381 e. The van der Waals surface area contributed by atoms with Crippen LogP contribution in [0.15, 0.2) is 48.5 Å². The van der Waals surface area contributed by atoms with Crippen LogP contribution < -0.4 is 4.90 Å². The number of halogens is 1. The van der Waals surface area contributed by atoms with E-state index in [0.29, 0.717) is 43.2 Å². The molecule has 4 rings (SSSR count). The molecule has 0 aliphatic carbocycles. The number of anilines is 1. The van der Waals surface area contributed by atoms with Gasteiger partial charge in [0, 0.05) is 50.1 Å². The standard InChI is InChI=1S/C24H26ClN3O2/c25-21-6-4-20(5-7-21)24(10-16-30-17-11-24)23(29)28-13-1-12-27(14-15-28)22-8-2-19(18-26)3-9-22/h2-9H,1,10-17H2. The third-order valence-corrected chi connectivity index (χ3v) is 6.55. The molecular weight excluding hydrogens is 398 g/mol. The first kappa shape index (κ1) is 20.7. The van der Waals surface area contributed by atoms with Gasteiger partial charge in [0.05, 0.1) is 17.0 Å². The van der Waals surface area contributed by atoms with Gasteiger partial charge in [0.15, 0.2) is 0 Å². The zero-order chi connectivity index (χ0) is 21.0. The summed E-state index contributed by atoms with van der Waals surface area (Å²) in [6.45, 7) is 4.31. The molecule has 2 heterocycles. The summed E-state index contributed by atoms with van der Waals surface area (Å²) in [5.74, 6) is 0.204. The van der Waals surface area contributed by atoms with Crippen LogP contribution >= 0.6 is 11.6 Å². The molecule has 0 aromatic heterocycles. The van der Waals surface area contributed by atoms with Gasteiger partial charge in [-0.2, -0.15) is 5.26 Å². The summed E-state index contributed by atoms with van der Waals surface area (Å²) >= 11 is 6.10. The SMILES string of the molecule is N#Cc1ccc(N2CCCN(C(=O)C3(c4ccc(Cl)cc4)CCOCC3)CC2)cc1. The molecule has 5 nitrogen and oxygen atoms in total. The van der Waals surface area contributed by atoms with Crippen LogP contribution in [0.25, 0.3) is 0 Å². The Kier molecular flexibility index (Phi) is 6.26. The Balaban J connectivity index is 1.52. The molecular formula is C24H26ClN3O2. The number of nitrogens with zero attached hydrogens (tertiary/aromatic N) is 3. The first-order chi connectivity index (χ1) is 14.6. The van der Waals surface area contributed by atoms with Crippen molar-refractivity contribution >= 4 is 23.2 Å². The van der Waals surface area contributed by atoms with Crippen LogP contribution in [-0.2, 0) is 14.9 Å². The zero-order valence-corrected chi connectivity index (χ0v) is 17.8. The monoisotopic (exact) mass is 423 g/mol. The van der Waals surface area contributed by atoms with E-state index in [2.05, 4.69) is 11.0 Å². The van der Waals surface area contributed by atoms with Crippen molar-refractivity contribution in [3.05, 3.63) is 64.7 Å². The fourth-order valence-corrected chi connectivity index (χ4v) is 4.67. The summed E-state index contributed by atoms with van der Waals surface area (Å²) in [6.07, 6.45) is 2.31. The molecule has 0 N–H and O–H groups in total. The number of nitriles is 1. The van der Waals surface area contributed by atoms with Gasteiger partial charge in [-0.15, -0.1) is 0 Å². The Labute approximate surface area is 182 Å². The number of benzene rings is 2. The summed E-state index contributed by atoms with van der Waals surface area (Å²) in [4.78, 5) is 18.2. The molecule has 0 radical (unpaired) electrons. The number of amides is 1. The number of rotatable bonds is 3. The lowest BCUT2D eigenvalue weighted by molar-refractivity contribution is -0.141. The van der Waals surface area contributed by atoms with E-state index >= 15 is 0 Å². The summed E-state index contributed by atoms with van der Waals surface area (Å²) < 4.78 is 5.60. The third kappa shape index (κ3) is 4.16. The van der Waals surface area contributed by atoms with Crippen molar-refractivity contribution in [2.24, 2.45) is 0 Å². The molecule has 0 unspecified atom stereocenters. The number of hydrogen-bond acceptors (Lipinski definition) is 4. The van der Waals surface area contributed by atoms with Crippen molar-refractivity contribution < 1.29 is 9.53 Å². The molecule has 2 fully saturated rings. The van der Waals surface area contributed by atoms with E-state index in [-0.39, 0.29) is 5.91 Å². The molecule has 2 saturated heterocycles. The molecule has 2 aromatic carbocycles. The highest BCUT2D eigenvalue weighted by Gasteiger charge is 2.44. The fraction of sp³-hybridized carbons (Fsp3) is 0.417. The molecule has 2 aromatic rings. The number of carbonyl (C=O) groups is 1. The quantitative estimate of drug-likeness (QED) is 0.748. The maximum absolute atomic E-state index is 13.8. The van der Waals surface area contributed by atoms with Crippen molar-refractivity contribution in [2.45, 2.75) is 24.7 Å². The lowest BCUT2D eigenvalue weighted by Crippen LogP contribution is -2.50. The number of ether oxygens (including phenoxy) is 1. The highest BCUT2D eigenvalue weighted by atomic mass is 35.5.